The van der Waals surface area contributed by atoms with Gasteiger partial charge in [0, 0.05) is 40.1 Å². The van der Waals surface area contributed by atoms with Crippen molar-refractivity contribution >= 4 is 27.3 Å². The van der Waals surface area contributed by atoms with E-state index in [1.54, 1.807) is 26.6 Å². The van der Waals surface area contributed by atoms with Gasteiger partial charge in [-0.15, -0.1) is 0 Å². The number of methoxy groups -OCH3 is 2. The molecule has 5 nitrogen and oxygen atoms in total. The molecule has 1 aromatic heterocycles. The quantitative estimate of drug-likeness (QED) is 0.742. The minimum absolute atomic E-state index is 0.654. The smallest absolute Gasteiger partial charge is 0.0776 e. The van der Waals surface area contributed by atoms with E-state index in [1.807, 2.05) is 0 Å². The zero-order chi connectivity index (χ0) is 13.4. The summed E-state index contributed by atoms with van der Waals surface area (Å²) in [6, 6.07) is 0. The molecule has 0 aliphatic heterocycles. The van der Waals surface area contributed by atoms with E-state index in [1.165, 1.54) is 0 Å². The molecule has 0 aromatic carbocycles. The third kappa shape index (κ3) is 4.44. The van der Waals surface area contributed by atoms with Crippen LogP contribution in [-0.4, -0.2) is 45.5 Å². The summed E-state index contributed by atoms with van der Waals surface area (Å²) in [5.41, 5.74) is 7.63. The van der Waals surface area contributed by atoms with Crippen molar-refractivity contribution in [1.29, 1.82) is 0 Å². The number of anilines is 2. The van der Waals surface area contributed by atoms with Gasteiger partial charge in [0.1, 0.15) is 0 Å². The van der Waals surface area contributed by atoms with Crippen molar-refractivity contribution in [2.75, 3.05) is 51.2 Å². The Morgan fingerprint density at radius 2 is 1.94 bits per heavy atom. The van der Waals surface area contributed by atoms with Crippen molar-refractivity contribution < 1.29 is 9.47 Å². The highest BCUT2D eigenvalue weighted by Crippen LogP contribution is 2.31. The average Bonchev–Trinajstić information content (AvgIpc) is 2.35. The summed E-state index contributed by atoms with van der Waals surface area (Å²) >= 11 is 3.49. The number of hydrogen-bond donors (Lipinski definition) is 1. The molecule has 2 N–H and O–H groups in total. The Morgan fingerprint density at radius 3 is 2.56 bits per heavy atom. The summed E-state index contributed by atoms with van der Waals surface area (Å²) in [4.78, 5) is 6.23. The number of nitrogens with zero attached hydrogens (tertiary/aromatic N) is 2. The van der Waals surface area contributed by atoms with Crippen LogP contribution in [-0.2, 0) is 9.47 Å². The lowest BCUT2D eigenvalue weighted by atomic mass is 10.3. The van der Waals surface area contributed by atoms with Gasteiger partial charge < -0.3 is 20.1 Å². The first-order chi connectivity index (χ1) is 8.70. The standard InChI is InChI=1S/C12H20BrN3O2/c1-17-6-3-4-16(5-7-18-2)12-10(13)8-15-9-11(12)14/h8-9H,3-7,14H2,1-2H3. The second-order valence-corrected chi connectivity index (χ2v) is 4.74. The highest BCUT2D eigenvalue weighted by atomic mass is 79.9. The molecule has 6 heteroatoms. The second-order valence-electron chi connectivity index (χ2n) is 3.89. The first-order valence-electron chi connectivity index (χ1n) is 5.82. The highest BCUT2D eigenvalue weighted by molar-refractivity contribution is 9.10. The van der Waals surface area contributed by atoms with Crippen molar-refractivity contribution in [2.24, 2.45) is 0 Å². The van der Waals surface area contributed by atoms with Crippen molar-refractivity contribution in [2.45, 2.75) is 6.42 Å². The molecule has 0 bridgehead atoms. The predicted octanol–water partition coefficient (Wildman–Crippen LogP) is 1.92. The summed E-state index contributed by atoms with van der Waals surface area (Å²) in [7, 11) is 3.40. The van der Waals surface area contributed by atoms with Crippen LogP contribution in [0.4, 0.5) is 11.4 Å². The maximum atomic E-state index is 5.99. The molecule has 1 heterocycles. The number of nitrogens with two attached hydrogens (primary N) is 1. The van der Waals surface area contributed by atoms with E-state index in [4.69, 9.17) is 15.2 Å². The van der Waals surface area contributed by atoms with E-state index < -0.39 is 0 Å². The van der Waals surface area contributed by atoms with Gasteiger partial charge in [0.25, 0.3) is 0 Å². The molecule has 0 unspecified atom stereocenters. The van der Waals surface area contributed by atoms with Crippen molar-refractivity contribution in [1.82, 2.24) is 4.98 Å². The van der Waals surface area contributed by atoms with E-state index in [2.05, 4.69) is 25.8 Å². The van der Waals surface area contributed by atoms with Gasteiger partial charge in [0.2, 0.25) is 0 Å². The fourth-order valence-electron chi connectivity index (χ4n) is 1.71. The molecule has 0 spiro atoms. The number of halogens is 1. The Hall–Kier alpha value is -0.850. The van der Waals surface area contributed by atoms with Crippen LogP contribution in [0.2, 0.25) is 0 Å². The summed E-state index contributed by atoms with van der Waals surface area (Å²) in [5.74, 6) is 0. The Morgan fingerprint density at radius 1 is 1.22 bits per heavy atom. The molecular weight excluding hydrogens is 298 g/mol. The fourth-order valence-corrected chi connectivity index (χ4v) is 2.31. The third-order valence-corrected chi connectivity index (χ3v) is 3.14. The summed E-state index contributed by atoms with van der Waals surface area (Å²) in [6.45, 7) is 3.03. The van der Waals surface area contributed by atoms with Gasteiger partial charge in [-0.2, -0.15) is 0 Å². The lowest BCUT2D eigenvalue weighted by Gasteiger charge is -2.26. The molecule has 0 atom stereocenters. The van der Waals surface area contributed by atoms with Crippen LogP contribution in [0.5, 0.6) is 0 Å². The topological polar surface area (TPSA) is 60.6 Å². The molecule has 102 valence electrons. The Labute approximate surface area is 116 Å². The van der Waals surface area contributed by atoms with E-state index in [0.29, 0.717) is 12.3 Å². The Bertz CT molecular complexity index is 343. The zero-order valence-electron chi connectivity index (χ0n) is 10.9. The molecule has 0 radical (unpaired) electrons. The fraction of sp³-hybridized carbons (Fsp3) is 0.583. The Balaban J connectivity index is 2.79. The van der Waals surface area contributed by atoms with Gasteiger partial charge in [-0.3, -0.25) is 4.98 Å². The number of ether oxygens (including phenoxy) is 2. The summed E-state index contributed by atoms with van der Waals surface area (Å²) in [6.07, 6.45) is 4.35. The monoisotopic (exact) mass is 317 g/mol. The number of aromatic nitrogens is 1. The minimum atomic E-state index is 0.654. The van der Waals surface area contributed by atoms with Crippen molar-refractivity contribution in [3.8, 4) is 0 Å². The minimum Gasteiger partial charge on any atom is -0.396 e. The molecule has 0 saturated carbocycles. The number of rotatable bonds is 8. The molecular formula is C12H20BrN3O2. The van der Waals surface area contributed by atoms with Crippen LogP contribution in [0.3, 0.4) is 0 Å². The SMILES string of the molecule is COCCCN(CCOC)c1c(N)cncc1Br. The molecule has 18 heavy (non-hydrogen) atoms. The highest BCUT2D eigenvalue weighted by Gasteiger charge is 2.13. The van der Waals surface area contributed by atoms with Crippen LogP contribution in [0.15, 0.2) is 16.9 Å². The predicted molar refractivity (Wildman–Crippen MR) is 76.9 cm³/mol. The first kappa shape index (κ1) is 15.2. The van der Waals surface area contributed by atoms with Crippen LogP contribution < -0.4 is 10.6 Å². The van der Waals surface area contributed by atoms with Gasteiger partial charge >= 0.3 is 0 Å². The van der Waals surface area contributed by atoms with Crippen LogP contribution in [0.25, 0.3) is 0 Å². The third-order valence-electron chi connectivity index (χ3n) is 2.56. The maximum absolute atomic E-state index is 5.99. The van der Waals surface area contributed by atoms with Gasteiger partial charge in [-0.25, -0.2) is 0 Å². The maximum Gasteiger partial charge on any atom is 0.0776 e. The first-order valence-corrected chi connectivity index (χ1v) is 6.61. The van der Waals surface area contributed by atoms with Gasteiger partial charge in [-0.1, -0.05) is 0 Å². The molecule has 0 aliphatic rings. The van der Waals surface area contributed by atoms with E-state index in [9.17, 15) is 0 Å². The largest absolute Gasteiger partial charge is 0.396 e. The van der Waals surface area contributed by atoms with Crippen molar-refractivity contribution in [3.05, 3.63) is 16.9 Å². The molecule has 0 fully saturated rings. The number of hydrogen-bond acceptors (Lipinski definition) is 5. The Kier molecular flexibility index (Phi) is 7.00. The van der Waals surface area contributed by atoms with Gasteiger partial charge in [0.05, 0.1) is 28.7 Å². The van der Waals surface area contributed by atoms with E-state index in [-0.39, 0.29) is 0 Å². The lowest BCUT2D eigenvalue weighted by Crippen LogP contribution is -2.30. The van der Waals surface area contributed by atoms with E-state index >= 15 is 0 Å². The number of nitrogen functional groups attached to an aromatic ring is 1. The summed E-state index contributed by atoms with van der Waals surface area (Å²) in [5, 5.41) is 0. The molecule has 0 amide bonds. The second kappa shape index (κ2) is 8.29. The van der Waals surface area contributed by atoms with Crippen LogP contribution >= 0.6 is 15.9 Å². The van der Waals surface area contributed by atoms with Crippen molar-refractivity contribution in [3.63, 3.8) is 0 Å². The number of pyridine rings is 1. The van der Waals surface area contributed by atoms with Crippen LogP contribution in [0, 0.1) is 0 Å². The molecule has 0 saturated heterocycles. The lowest BCUT2D eigenvalue weighted by molar-refractivity contribution is 0.191. The normalized spacial score (nSPS) is 10.6. The van der Waals surface area contributed by atoms with E-state index in [0.717, 1.165) is 36.3 Å². The summed E-state index contributed by atoms with van der Waals surface area (Å²) < 4.78 is 11.1. The van der Waals surface area contributed by atoms with Crippen LogP contribution in [0.1, 0.15) is 6.42 Å². The average molecular weight is 318 g/mol. The molecule has 1 aromatic rings. The molecule has 1 rings (SSSR count). The molecule has 0 aliphatic carbocycles. The zero-order valence-corrected chi connectivity index (χ0v) is 12.4. The van der Waals surface area contributed by atoms with Gasteiger partial charge in [-0.05, 0) is 22.4 Å². The van der Waals surface area contributed by atoms with Gasteiger partial charge in [0.15, 0.2) is 0 Å².